The molecule has 3 unspecified atom stereocenters. The number of Topliss-reactive ketones (excluding diaryl/α,β-unsaturated/α-hetero) is 1. The van der Waals surface area contributed by atoms with E-state index in [2.05, 4.69) is 6.92 Å². The third-order valence-electron chi connectivity index (χ3n) is 4.13. The van der Waals surface area contributed by atoms with Crippen LogP contribution in [-0.2, 0) is 9.53 Å². The Kier molecular flexibility index (Phi) is 4.39. The zero-order chi connectivity index (χ0) is 11.4. The van der Waals surface area contributed by atoms with E-state index in [9.17, 15) is 4.79 Å². The second-order valence-corrected chi connectivity index (χ2v) is 5.46. The van der Waals surface area contributed by atoms with Crippen molar-refractivity contribution >= 4 is 5.78 Å². The molecule has 0 radical (unpaired) electrons. The zero-order valence-corrected chi connectivity index (χ0v) is 10.4. The lowest BCUT2D eigenvalue weighted by molar-refractivity contribution is -0.127. The van der Waals surface area contributed by atoms with E-state index in [1.807, 2.05) is 0 Å². The summed E-state index contributed by atoms with van der Waals surface area (Å²) >= 11 is 0. The van der Waals surface area contributed by atoms with Crippen molar-refractivity contribution in [1.82, 2.24) is 0 Å². The minimum Gasteiger partial charge on any atom is -0.375 e. The van der Waals surface area contributed by atoms with E-state index in [-0.39, 0.29) is 6.10 Å². The van der Waals surface area contributed by atoms with E-state index in [0.717, 1.165) is 25.2 Å². The molecule has 0 aromatic carbocycles. The molecule has 2 nitrogen and oxygen atoms in total. The molecule has 16 heavy (non-hydrogen) atoms. The van der Waals surface area contributed by atoms with Gasteiger partial charge in [-0.05, 0) is 31.6 Å². The molecule has 0 aromatic heterocycles. The first-order chi connectivity index (χ1) is 7.78. The van der Waals surface area contributed by atoms with Gasteiger partial charge in [-0.15, -0.1) is 0 Å². The van der Waals surface area contributed by atoms with Crippen molar-refractivity contribution in [3.8, 4) is 0 Å². The first kappa shape index (κ1) is 12.1. The van der Waals surface area contributed by atoms with Gasteiger partial charge in [0, 0.05) is 12.8 Å². The van der Waals surface area contributed by atoms with Crippen LogP contribution in [0.15, 0.2) is 0 Å². The van der Waals surface area contributed by atoms with Gasteiger partial charge < -0.3 is 4.74 Å². The SMILES string of the molecule is CCC1CCCC(OC2CCCC(=O)C2)C1. The summed E-state index contributed by atoms with van der Waals surface area (Å²) in [6, 6.07) is 0. The Morgan fingerprint density at radius 3 is 2.75 bits per heavy atom. The van der Waals surface area contributed by atoms with Gasteiger partial charge in [0.2, 0.25) is 0 Å². The number of hydrogen-bond donors (Lipinski definition) is 0. The van der Waals surface area contributed by atoms with Gasteiger partial charge in [-0.25, -0.2) is 0 Å². The van der Waals surface area contributed by atoms with Gasteiger partial charge in [-0.1, -0.05) is 26.2 Å². The smallest absolute Gasteiger partial charge is 0.135 e. The van der Waals surface area contributed by atoms with Gasteiger partial charge in [0.05, 0.1) is 12.2 Å². The highest BCUT2D eigenvalue weighted by molar-refractivity contribution is 5.79. The molecule has 2 saturated carbocycles. The van der Waals surface area contributed by atoms with Crippen LogP contribution in [0.5, 0.6) is 0 Å². The fourth-order valence-electron chi connectivity index (χ4n) is 3.11. The molecule has 2 heteroatoms. The summed E-state index contributed by atoms with van der Waals surface area (Å²) in [6.45, 7) is 2.27. The number of ether oxygens (including phenoxy) is 1. The van der Waals surface area contributed by atoms with Crippen LogP contribution in [0.4, 0.5) is 0 Å². The molecule has 92 valence electrons. The van der Waals surface area contributed by atoms with Crippen molar-refractivity contribution in [2.75, 3.05) is 0 Å². The number of ketones is 1. The van der Waals surface area contributed by atoms with Gasteiger partial charge in [-0.3, -0.25) is 4.79 Å². The molecule has 0 saturated heterocycles. The van der Waals surface area contributed by atoms with Gasteiger partial charge in [0.15, 0.2) is 0 Å². The van der Waals surface area contributed by atoms with Crippen LogP contribution in [0, 0.1) is 5.92 Å². The lowest BCUT2D eigenvalue weighted by atomic mass is 9.85. The van der Waals surface area contributed by atoms with Crippen molar-refractivity contribution in [2.24, 2.45) is 5.92 Å². The lowest BCUT2D eigenvalue weighted by Crippen LogP contribution is -2.31. The molecule has 2 aliphatic rings. The topological polar surface area (TPSA) is 26.3 Å². The number of carbonyl (C=O) groups is 1. The highest BCUT2D eigenvalue weighted by Gasteiger charge is 2.26. The van der Waals surface area contributed by atoms with Gasteiger partial charge >= 0.3 is 0 Å². The first-order valence-electron chi connectivity index (χ1n) is 6.95. The maximum Gasteiger partial charge on any atom is 0.135 e. The van der Waals surface area contributed by atoms with Crippen molar-refractivity contribution < 1.29 is 9.53 Å². The highest BCUT2D eigenvalue weighted by Crippen LogP contribution is 2.31. The summed E-state index contributed by atoms with van der Waals surface area (Å²) in [5.74, 6) is 1.26. The predicted molar refractivity (Wildman–Crippen MR) is 64.4 cm³/mol. The van der Waals surface area contributed by atoms with Crippen molar-refractivity contribution in [1.29, 1.82) is 0 Å². The monoisotopic (exact) mass is 224 g/mol. The number of carbonyl (C=O) groups excluding carboxylic acids is 1. The van der Waals surface area contributed by atoms with Crippen LogP contribution >= 0.6 is 0 Å². The van der Waals surface area contributed by atoms with E-state index in [1.54, 1.807) is 0 Å². The Bertz CT molecular complexity index is 237. The first-order valence-corrected chi connectivity index (χ1v) is 6.95. The summed E-state index contributed by atoms with van der Waals surface area (Å²) in [6.07, 6.45) is 10.7. The lowest BCUT2D eigenvalue weighted by Gasteiger charge is -2.32. The van der Waals surface area contributed by atoms with E-state index in [0.29, 0.717) is 18.3 Å². The van der Waals surface area contributed by atoms with E-state index in [1.165, 1.54) is 32.1 Å². The van der Waals surface area contributed by atoms with Gasteiger partial charge in [0.25, 0.3) is 0 Å². The molecule has 2 fully saturated rings. The summed E-state index contributed by atoms with van der Waals surface area (Å²) in [5.41, 5.74) is 0. The van der Waals surface area contributed by atoms with Crippen molar-refractivity contribution in [2.45, 2.75) is 76.9 Å². The number of hydrogen-bond acceptors (Lipinski definition) is 2. The largest absolute Gasteiger partial charge is 0.375 e. The van der Waals surface area contributed by atoms with Gasteiger partial charge in [-0.2, -0.15) is 0 Å². The Labute approximate surface area is 98.7 Å². The fraction of sp³-hybridized carbons (Fsp3) is 0.929. The Morgan fingerprint density at radius 1 is 1.19 bits per heavy atom. The van der Waals surface area contributed by atoms with E-state index >= 15 is 0 Å². The minimum atomic E-state index is 0.238. The van der Waals surface area contributed by atoms with Crippen molar-refractivity contribution in [3.63, 3.8) is 0 Å². The fourth-order valence-corrected chi connectivity index (χ4v) is 3.11. The summed E-state index contributed by atoms with van der Waals surface area (Å²) in [7, 11) is 0. The Balaban J connectivity index is 1.77. The van der Waals surface area contributed by atoms with Crippen LogP contribution in [0.2, 0.25) is 0 Å². The van der Waals surface area contributed by atoms with Crippen LogP contribution in [-0.4, -0.2) is 18.0 Å². The second-order valence-electron chi connectivity index (χ2n) is 5.46. The Hall–Kier alpha value is -0.370. The quantitative estimate of drug-likeness (QED) is 0.733. The standard InChI is InChI=1S/C14H24O2/c1-2-11-5-3-7-13(9-11)16-14-8-4-6-12(15)10-14/h11,13-14H,2-10H2,1H3. The number of rotatable bonds is 3. The van der Waals surface area contributed by atoms with Crippen molar-refractivity contribution in [3.05, 3.63) is 0 Å². The summed E-state index contributed by atoms with van der Waals surface area (Å²) in [5, 5.41) is 0. The molecule has 0 bridgehead atoms. The maximum absolute atomic E-state index is 11.4. The van der Waals surface area contributed by atoms with Gasteiger partial charge in [0.1, 0.15) is 5.78 Å². The summed E-state index contributed by atoms with van der Waals surface area (Å²) < 4.78 is 6.11. The molecule has 0 aromatic rings. The average Bonchev–Trinajstić information content (AvgIpc) is 2.29. The van der Waals surface area contributed by atoms with Crippen LogP contribution in [0.3, 0.4) is 0 Å². The Morgan fingerprint density at radius 2 is 2.00 bits per heavy atom. The van der Waals surface area contributed by atoms with Crippen LogP contribution < -0.4 is 0 Å². The normalized spacial score (nSPS) is 36.3. The molecule has 0 aliphatic heterocycles. The molecule has 3 atom stereocenters. The highest BCUT2D eigenvalue weighted by atomic mass is 16.5. The van der Waals surface area contributed by atoms with Crippen LogP contribution in [0.25, 0.3) is 0 Å². The molecular formula is C14H24O2. The molecular weight excluding hydrogens is 200 g/mol. The molecule has 0 heterocycles. The average molecular weight is 224 g/mol. The molecule has 0 spiro atoms. The van der Waals surface area contributed by atoms with E-state index in [4.69, 9.17) is 4.74 Å². The zero-order valence-electron chi connectivity index (χ0n) is 10.4. The predicted octanol–water partition coefficient (Wildman–Crippen LogP) is 3.48. The van der Waals surface area contributed by atoms with E-state index < -0.39 is 0 Å². The second kappa shape index (κ2) is 5.81. The third kappa shape index (κ3) is 3.31. The molecule has 2 aliphatic carbocycles. The third-order valence-corrected chi connectivity index (χ3v) is 4.13. The molecule has 0 amide bonds. The molecule has 2 rings (SSSR count). The summed E-state index contributed by atoms with van der Waals surface area (Å²) in [4.78, 5) is 11.4. The molecule has 0 N–H and O–H groups in total. The maximum atomic E-state index is 11.4. The minimum absolute atomic E-state index is 0.238. The van der Waals surface area contributed by atoms with Crippen LogP contribution in [0.1, 0.15) is 64.7 Å².